The van der Waals surface area contributed by atoms with E-state index in [1.165, 1.54) is 50.6 Å². The second-order valence-corrected chi connectivity index (χ2v) is 14.4. The maximum absolute atomic E-state index is 13.7. The van der Waals surface area contributed by atoms with Crippen LogP contribution in [0.5, 0.6) is 23.0 Å². The van der Waals surface area contributed by atoms with Gasteiger partial charge in [0.25, 0.3) is 20.2 Å². The molecule has 58 heavy (non-hydrogen) atoms. The van der Waals surface area contributed by atoms with Crippen LogP contribution in [0.25, 0.3) is 21.9 Å². The summed E-state index contributed by atoms with van der Waals surface area (Å²) in [5.41, 5.74) is 12.5. The van der Waals surface area contributed by atoms with Crippen LogP contribution in [0.15, 0.2) is 138 Å². The molecule has 0 amide bonds. The third-order valence-corrected chi connectivity index (χ3v) is 9.82. The van der Waals surface area contributed by atoms with Crippen LogP contribution < -0.4 is 90.3 Å². The summed E-state index contributed by atoms with van der Waals surface area (Å²) in [4.78, 5) is -1.90. The summed E-state index contributed by atoms with van der Waals surface area (Å²) in [5, 5.41) is 48.5. The molecule has 6 aromatic rings. The van der Waals surface area contributed by atoms with Gasteiger partial charge in [0.05, 0.1) is 37.0 Å². The van der Waals surface area contributed by atoms with E-state index in [9.17, 15) is 36.2 Å². The number of nitrogens with zero attached hydrogens (tertiary/aromatic N) is 6. The minimum absolute atomic E-state index is 0. The molecule has 6 rings (SSSR count). The average molecular weight is 843 g/mol. The number of hydrogen-bond donors (Lipinski definition) is 4. The number of rotatable bonds is 11. The number of hydrogen-bond acceptors (Lipinski definition) is 16. The minimum atomic E-state index is -5.13. The molecule has 18 nitrogen and oxygen atoms in total. The summed E-state index contributed by atoms with van der Waals surface area (Å²) in [7, 11) is -7.45. The number of benzene rings is 6. The van der Waals surface area contributed by atoms with Gasteiger partial charge in [-0.3, -0.25) is 9.11 Å². The smallest absolute Gasteiger partial charge is 0.872 e. The Hall–Kier alpha value is -5.00. The topological polar surface area (TPSA) is 300 Å². The largest absolute Gasteiger partial charge is 1.00 e. The summed E-state index contributed by atoms with van der Waals surface area (Å²) in [6.45, 7) is 0. The van der Waals surface area contributed by atoms with Crippen LogP contribution in [0.4, 0.5) is 45.5 Å². The van der Waals surface area contributed by atoms with Crippen molar-refractivity contribution >= 4 is 76.5 Å². The van der Waals surface area contributed by atoms with Crippen molar-refractivity contribution in [3.8, 4) is 34.1 Å². The number of anilines is 2. The van der Waals surface area contributed by atoms with Gasteiger partial charge in [0.2, 0.25) is 0 Å². The first-order chi connectivity index (χ1) is 26.6. The molecule has 0 aromatic heterocycles. The van der Waals surface area contributed by atoms with Crippen molar-refractivity contribution in [2.24, 2.45) is 30.7 Å². The molecule has 0 aliphatic rings. The third kappa shape index (κ3) is 9.99. The first kappa shape index (κ1) is 45.7. The molecule has 0 spiro atoms. The van der Waals surface area contributed by atoms with Crippen molar-refractivity contribution in [2.75, 3.05) is 25.7 Å². The Labute approximate surface area is 375 Å². The Morgan fingerprint density at radius 1 is 0.586 bits per heavy atom. The Morgan fingerprint density at radius 3 is 1.59 bits per heavy atom. The summed E-state index contributed by atoms with van der Waals surface area (Å²) in [5.74, 6) is -0.896. The van der Waals surface area contributed by atoms with Crippen molar-refractivity contribution in [3.63, 3.8) is 0 Å². The fraction of sp³-hybridized carbons (Fsp3) is 0.0556. The van der Waals surface area contributed by atoms with Crippen molar-refractivity contribution in [2.45, 2.75) is 9.79 Å². The first-order valence-electron chi connectivity index (χ1n) is 15.9. The number of nitrogens with two attached hydrogens (primary N) is 2. The zero-order valence-electron chi connectivity index (χ0n) is 31.1. The Bertz CT molecular complexity index is 2850. The second kappa shape index (κ2) is 18.7. The molecular formula is C36H28N8Na2O10S2. The maximum Gasteiger partial charge on any atom is 1.00 e. The van der Waals surface area contributed by atoms with E-state index in [4.69, 9.17) is 20.9 Å². The number of methoxy groups -OCH3 is 2. The van der Waals surface area contributed by atoms with Crippen LogP contribution in [0.1, 0.15) is 0 Å². The van der Waals surface area contributed by atoms with Gasteiger partial charge in [-0.25, -0.2) is 0 Å². The van der Waals surface area contributed by atoms with Gasteiger partial charge in [-0.1, -0.05) is 42.1 Å². The zero-order valence-corrected chi connectivity index (χ0v) is 36.7. The Morgan fingerprint density at radius 2 is 1.07 bits per heavy atom. The van der Waals surface area contributed by atoms with Crippen LogP contribution in [0, 0.1) is 0 Å². The zero-order chi connectivity index (χ0) is 40.4. The average Bonchev–Trinajstić information content (AvgIpc) is 3.16. The number of ether oxygens (including phenoxy) is 2. The molecule has 0 unspecified atom stereocenters. The SMILES string of the molecule is COc1cc(-c2ccc(N=Nc3c(S(=O)(=O)O)cc4cc(S(=O)(=O)O)c(N=Nc5ccccc5)c([O-])c4c3N)c(OC)c2)ccc1N=Nc1ccc([O-])cc1N.[Na+].[Na+]. The van der Waals surface area contributed by atoms with Crippen LogP contribution >= 0.6 is 0 Å². The van der Waals surface area contributed by atoms with E-state index in [1.54, 1.807) is 48.5 Å². The predicted octanol–water partition coefficient (Wildman–Crippen LogP) is 1.58. The van der Waals surface area contributed by atoms with Gasteiger partial charge in [0, 0.05) is 5.39 Å². The molecule has 6 N–H and O–H groups in total. The molecule has 286 valence electrons. The first-order valence-corrected chi connectivity index (χ1v) is 18.8. The van der Waals surface area contributed by atoms with E-state index in [0.717, 1.165) is 12.1 Å². The summed E-state index contributed by atoms with van der Waals surface area (Å²) in [6.07, 6.45) is 0. The van der Waals surface area contributed by atoms with Crippen LogP contribution in [-0.2, 0) is 20.2 Å². The van der Waals surface area contributed by atoms with Crippen LogP contribution in [-0.4, -0.2) is 40.2 Å². The molecule has 0 aliphatic heterocycles. The van der Waals surface area contributed by atoms with E-state index in [-0.39, 0.29) is 93.1 Å². The minimum Gasteiger partial charge on any atom is -0.872 e. The van der Waals surface area contributed by atoms with E-state index in [2.05, 4.69) is 30.7 Å². The fourth-order valence-corrected chi connectivity index (χ4v) is 6.73. The molecule has 0 saturated carbocycles. The monoisotopic (exact) mass is 842 g/mol. The summed E-state index contributed by atoms with van der Waals surface area (Å²) < 4.78 is 80.8. The number of nitrogen functional groups attached to an aromatic ring is 2. The van der Waals surface area contributed by atoms with Crippen molar-refractivity contribution in [1.82, 2.24) is 0 Å². The molecular weight excluding hydrogens is 815 g/mol. The predicted molar refractivity (Wildman–Crippen MR) is 202 cm³/mol. The molecule has 0 saturated heterocycles. The van der Waals surface area contributed by atoms with Crippen molar-refractivity contribution in [1.29, 1.82) is 0 Å². The van der Waals surface area contributed by atoms with Gasteiger partial charge in [-0.05, 0) is 77.2 Å². The fourth-order valence-electron chi connectivity index (χ4n) is 5.40. The molecule has 0 heterocycles. The van der Waals surface area contributed by atoms with Gasteiger partial charge in [0.15, 0.2) is 0 Å². The van der Waals surface area contributed by atoms with Crippen molar-refractivity contribution < 1.29 is 105 Å². The van der Waals surface area contributed by atoms with Gasteiger partial charge >= 0.3 is 59.1 Å². The molecule has 6 aromatic carbocycles. The van der Waals surface area contributed by atoms with E-state index >= 15 is 0 Å². The normalized spacial score (nSPS) is 11.9. The van der Waals surface area contributed by atoms with Crippen molar-refractivity contribution in [3.05, 3.63) is 97.1 Å². The van der Waals surface area contributed by atoms with Gasteiger partial charge in [0.1, 0.15) is 44.0 Å². The maximum atomic E-state index is 13.7. The number of fused-ring (bicyclic) bond motifs is 1. The van der Waals surface area contributed by atoms with Gasteiger partial charge in [-0.2, -0.15) is 21.9 Å². The quantitative estimate of drug-likeness (QED) is 0.0626. The summed E-state index contributed by atoms with van der Waals surface area (Å²) in [6, 6.07) is 23.3. The van der Waals surface area contributed by atoms with Gasteiger partial charge in [-0.15, -0.1) is 31.3 Å². The molecule has 0 bridgehead atoms. The standard InChI is InChI=1S/C36H30N8O10S2.2Na/c1-53-28-14-19(8-11-26(28)41-40-25-13-10-23(45)18-24(25)37)20-9-12-27(29(15-20)54-2)42-43-34-30(55(47,48)49)16-21-17-31(56(50,51)52)35(36(46)32(21)33(34)38)44-39-22-6-4-3-5-7-22;;/h3-18,45-46H,37-38H2,1-2H3,(H,47,48,49)(H,50,51,52);;/q;2*+1/p-2. The van der Waals surface area contributed by atoms with E-state index in [1.807, 2.05) is 0 Å². The van der Waals surface area contributed by atoms with E-state index < -0.39 is 58.2 Å². The summed E-state index contributed by atoms with van der Waals surface area (Å²) >= 11 is 0. The van der Waals surface area contributed by atoms with Gasteiger partial charge < -0.3 is 31.2 Å². The van der Waals surface area contributed by atoms with Crippen LogP contribution in [0.3, 0.4) is 0 Å². The molecule has 0 aliphatic carbocycles. The second-order valence-electron chi connectivity index (χ2n) is 11.7. The number of azo groups is 3. The Kier molecular flexibility index (Phi) is 14.7. The molecule has 0 radical (unpaired) electrons. The van der Waals surface area contributed by atoms with Crippen LogP contribution in [0.2, 0.25) is 0 Å². The van der Waals surface area contributed by atoms with E-state index in [0.29, 0.717) is 28.3 Å². The molecule has 0 atom stereocenters. The third-order valence-electron chi connectivity index (χ3n) is 8.09. The molecule has 0 fully saturated rings. The Balaban J connectivity index is 0.00000372. The molecule has 22 heteroatoms.